The molecule has 0 spiro atoms. The molecule has 1 unspecified atom stereocenters. The summed E-state index contributed by atoms with van der Waals surface area (Å²) in [5.74, 6) is 0.340. The van der Waals surface area contributed by atoms with E-state index >= 15 is 0 Å². The monoisotopic (exact) mass is 420 g/mol. The van der Waals surface area contributed by atoms with Crippen molar-refractivity contribution in [3.8, 4) is 5.75 Å². The van der Waals surface area contributed by atoms with E-state index < -0.39 is 0 Å². The van der Waals surface area contributed by atoms with Crippen LogP contribution in [-0.4, -0.2) is 51.6 Å². The zero-order valence-electron chi connectivity index (χ0n) is 17.5. The van der Waals surface area contributed by atoms with Gasteiger partial charge in [0.1, 0.15) is 23.7 Å². The van der Waals surface area contributed by atoms with Crippen LogP contribution < -0.4 is 4.74 Å². The van der Waals surface area contributed by atoms with Gasteiger partial charge in [-0.2, -0.15) is 0 Å². The molecule has 0 saturated carbocycles. The molecule has 1 aliphatic rings. The second-order valence-corrected chi connectivity index (χ2v) is 7.47. The van der Waals surface area contributed by atoms with Crippen LogP contribution in [0.5, 0.6) is 5.75 Å². The van der Waals surface area contributed by atoms with Crippen LogP contribution in [0.15, 0.2) is 59.2 Å². The number of nitrogens with zero attached hydrogens (tertiary/aromatic N) is 4. The Morgan fingerprint density at radius 2 is 1.81 bits per heavy atom. The highest BCUT2D eigenvalue weighted by Gasteiger charge is 2.34. The Labute approximate surface area is 180 Å². The third-order valence-electron chi connectivity index (χ3n) is 5.50. The van der Waals surface area contributed by atoms with Crippen molar-refractivity contribution in [2.24, 2.45) is 0 Å². The highest BCUT2D eigenvalue weighted by atomic mass is 16.6. The van der Waals surface area contributed by atoms with E-state index in [1.54, 1.807) is 30.9 Å². The number of carbonyl (C=O) groups is 2. The average Bonchev–Trinajstić information content (AvgIpc) is 3.22. The summed E-state index contributed by atoms with van der Waals surface area (Å²) in [6, 6.07) is 16.7. The summed E-state index contributed by atoms with van der Waals surface area (Å²) in [6.07, 6.45) is 0. The molecule has 0 N–H and O–H groups in total. The zero-order chi connectivity index (χ0) is 21.8. The zero-order valence-corrected chi connectivity index (χ0v) is 17.5. The smallest absolute Gasteiger partial charge is 0.258 e. The molecule has 2 heterocycles. The largest absolute Gasteiger partial charge is 0.486 e. The fourth-order valence-electron chi connectivity index (χ4n) is 3.72. The second kappa shape index (κ2) is 8.99. The van der Waals surface area contributed by atoms with Gasteiger partial charge in [0.2, 0.25) is 5.91 Å². The summed E-state index contributed by atoms with van der Waals surface area (Å²) in [5.41, 5.74) is 2.69. The molecule has 0 aliphatic carbocycles. The highest BCUT2D eigenvalue weighted by molar-refractivity contribution is 5.97. The quantitative estimate of drug-likeness (QED) is 0.630. The third kappa shape index (κ3) is 4.42. The third-order valence-corrected chi connectivity index (χ3v) is 5.50. The van der Waals surface area contributed by atoms with Crippen molar-refractivity contribution in [2.45, 2.75) is 26.5 Å². The fourth-order valence-corrected chi connectivity index (χ4v) is 3.72. The first-order valence-corrected chi connectivity index (χ1v) is 10.2. The molecule has 1 aliphatic heterocycles. The Hall–Kier alpha value is -3.68. The van der Waals surface area contributed by atoms with Crippen LogP contribution in [-0.2, 0) is 11.4 Å². The first-order valence-electron chi connectivity index (χ1n) is 10.2. The molecule has 1 saturated heterocycles. The number of hydrogen-bond acceptors (Lipinski definition) is 6. The molecule has 160 valence electrons. The van der Waals surface area contributed by atoms with Crippen molar-refractivity contribution >= 4 is 11.8 Å². The minimum absolute atomic E-state index is 0.00774. The predicted molar refractivity (Wildman–Crippen MR) is 112 cm³/mol. The Morgan fingerprint density at radius 3 is 2.52 bits per heavy atom. The Kier molecular flexibility index (Phi) is 5.97. The number of aromatic nitrogens is 2. The van der Waals surface area contributed by atoms with Gasteiger partial charge in [-0.3, -0.25) is 9.59 Å². The lowest BCUT2D eigenvalue weighted by atomic mass is 10.0. The number of rotatable bonds is 5. The van der Waals surface area contributed by atoms with Crippen molar-refractivity contribution in [3.63, 3.8) is 0 Å². The first kappa shape index (κ1) is 20.6. The molecule has 2 amide bonds. The van der Waals surface area contributed by atoms with Crippen LogP contribution in [0.2, 0.25) is 0 Å². The molecule has 2 aromatic carbocycles. The number of ether oxygens (including phenoxy) is 1. The lowest BCUT2D eigenvalue weighted by Crippen LogP contribution is -2.51. The maximum Gasteiger partial charge on any atom is 0.258 e. The van der Waals surface area contributed by atoms with Gasteiger partial charge in [0.15, 0.2) is 0 Å². The van der Waals surface area contributed by atoms with Crippen molar-refractivity contribution in [1.29, 1.82) is 0 Å². The van der Waals surface area contributed by atoms with E-state index in [9.17, 15) is 9.59 Å². The molecular formula is C23H24N4O4. The van der Waals surface area contributed by atoms with Crippen molar-refractivity contribution in [3.05, 3.63) is 77.1 Å². The number of piperazine rings is 1. The molecule has 0 radical (unpaired) electrons. The van der Waals surface area contributed by atoms with E-state index in [-0.39, 0.29) is 24.5 Å². The molecule has 3 aromatic rings. The van der Waals surface area contributed by atoms with E-state index in [1.165, 1.54) is 0 Å². The number of aryl methyl sites for hydroxylation is 1. The summed E-state index contributed by atoms with van der Waals surface area (Å²) in [6.45, 7) is 4.89. The molecule has 1 aromatic heterocycles. The second-order valence-electron chi connectivity index (χ2n) is 7.47. The maximum absolute atomic E-state index is 13.6. The fraction of sp³-hybridized carbons (Fsp3) is 0.304. The van der Waals surface area contributed by atoms with Crippen LogP contribution in [0.3, 0.4) is 0 Å². The summed E-state index contributed by atoms with van der Waals surface area (Å²) in [4.78, 5) is 29.2. The van der Waals surface area contributed by atoms with Crippen LogP contribution in [0.4, 0.5) is 0 Å². The van der Waals surface area contributed by atoms with Gasteiger partial charge < -0.3 is 14.5 Å². The molecule has 8 nitrogen and oxygen atoms in total. The topological polar surface area (TPSA) is 88.8 Å². The van der Waals surface area contributed by atoms with Gasteiger partial charge in [0, 0.05) is 26.6 Å². The Bertz CT molecular complexity index is 1070. The number of benzene rings is 2. The molecule has 4 rings (SSSR count). The molecule has 8 heteroatoms. The van der Waals surface area contributed by atoms with Crippen molar-refractivity contribution in [1.82, 2.24) is 20.1 Å². The minimum atomic E-state index is -0.235. The molecule has 1 fully saturated rings. The SMILES string of the molecule is CC(=O)N1CCN(C(=O)c2ccccc2OCc2nonc2C)C(c2ccccc2)C1. The molecule has 0 bridgehead atoms. The van der Waals surface area contributed by atoms with Crippen LogP contribution in [0.25, 0.3) is 0 Å². The lowest BCUT2D eigenvalue weighted by molar-refractivity contribution is -0.131. The average molecular weight is 420 g/mol. The van der Waals surface area contributed by atoms with E-state index in [0.29, 0.717) is 42.3 Å². The standard InChI is InChI=1S/C23H24N4O4/c1-16-20(25-31-24-16)15-30-22-11-7-6-10-19(22)23(29)27-13-12-26(17(2)28)14-21(27)18-8-4-3-5-9-18/h3-11,21H,12-15H2,1-2H3. The van der Waals surface area contributed by atoms with E-state index in [2.05, 4.69) is 10.3 Å². The van der Waals surface area contributed by atoms with Crippen LogP contribution >= 0.6 is 0 Å². The van der Waals surface area contributed by atoms with E-state index in [1.807, 2.05) is 47.4 Å². The van der Waals surface area contributed by atoms with Gasteiger partial charge in [-0.05, 0) is 24.6 Å². The summed E-state index contributed by atoms with van der Waals surface area (Å²) >= 11 is 0. The Morgan fingerprint density at radius 1 is 1.06 bits per heavy atom. The number of carbonyl (C=O) groups excluding carboxylic acids is 2. The normalized spacial score (nSPS) is 16.3. The molecule has 31 heavy (non-hydrogen) atoms. The van der Waals surface area contributed by atoms with Crippen molar-refractivity contribution < 1.29 is 19.0 Å². The predicted octanol–water partition coefficient (Wildman–Crippen LogP) is 3.00. The van der Waals surface area contributed by atoms with Gasteiger partial charge in [0.05, 0.1) is 11.6 Å². The minimum Gasteiger partial charge on any atom is -0.486 e. The van der Waals surface area contributed by atoms with Crippen LogP contribution in [0, 0.1) is 6.92 Å². The number of para-hydroxylation sites is 1. The highest BCUT2D eigenvalue weighted by Crippen LogP contribution is 2.30. The van der Waals surface area contributed by atoms with E-state index in [4.69, 9.17) is 9.37 Å². The van der Waals surface area contributed by atoms with Gasteiger partial charge >= 0.3 is 0 Å². The summed E-state index contributed by atoms with van der Waals surface area (Å²) < 4.78 is 10.6. The van der Waals surface area contributed by atoms with Crippen molar-refractivity contribution in [2.75, 3.05) is 19.6 Å². The van der Waals surface area contributed by atoms with Gasteiger partial charge in [-0.1, -0.05) is 52.8 Å². The van der Waals surface area contributed by atoms with Crippen LogP contribution in [0.1, 0.15) is 40.3 Å². The molecular weight excluding hydrogens is 396 g/mol. The first-order chi connectivity index (χ1) is 15.0. The van der Waals surface area contributed by atoms with Gasteiger partial charge in [-0.15, -0.1) is 0 Å². The summed E-state index contributed by atoms with van der Waals surface area (Å²) in [5, 5.41) is 7.58. The van der Waals surface area contributed by atoms with Gasteiger partial charge in [-0.25, -0.2) is 4.63 Å². The number of amides is 2. The molecule has 1 atom stereocenters. The van der Waals surface area contributed by atoms with E-state index in [0.717, 1.165) is 5.56 Å². The lowest BCUT2D eigenvalue weighted by Gasteiger charge is -2.41. The van der Waals surface area contributed by atoms with Gasteiger partial charge in [0.25, 0.3) is 5.91 Å². The Balaban J connectivity index is 1.60. The summed E-state index contributed by atoms with van der Waals surface area (Å²) in [7, 11) is 0. The maximum atomic E-state index is 13.6. The number of hydrogen-bond donors (Lipinski definition) is 0.